The van der Waals surface area contributed by atoms with Crippen molar-refractivity contribution in [2.45, 2.75) is 23.9 Å². The van der Waals surface area contributed by atoms with Crippen LogP contribution in [-0.4, -0.2) is 52.0 Å². The van der Waals surface area contributed by atoms with Crippen molar-refractivity contribution in [1.82, 2.24) is 9.80 Å². The summed E-state index contributed by atoms with van der Waals surface area (Å²) in [5.74, 6) is 0.747. The molecule has 9 heteroatoms. The minimum Gasteiger partial charge on any atom is -0.324 e. The maximum absolute atomic E-state index is 13.2. The Bertz CT molecular complexity index is 1030. The number of amides is 3. The molecular weight excluding hydrogens is 451 g/mol. The lowest BCUT2D eigenvalue weighted by Gasteiger charge is -2.43. The van der Waals surface area contributed by atoms with Crippen molar-refractivity contribution in [3.63, 3.8) is 0 Å². The van der Waals surface area contributed by atoms with Gasteiger partial charge in [-0.15, -0.1) is 11.8 Å². The zero-order chi connectivity index (χ0) is 23.5. The number of anilines is 1. The largest absolute Gasteiger partial charge is 0.418 e. The number of carbonyl (C=O) groups excluding carboxylic acids is 2. The topological polar surface area (TPSA) is 52.7 Å². The van der Waals surface area contributed by atoms with Gasteiger partial charge in [-0.2, -0.15) is 13.2 Å². The molecule has 0 aromatic heterocycles. The summed E-state index contributed by atoms with van der Waals surface area (Å²) in [4.78, 5) is 28.6. The molecule has 0 saturated carbocycles. The molecule has 2 fully saturated rings. The average molecular weight is 476 g/mol. The van der Waals surface area contributed by atoms with E-state index in [4.69, 9.17) is 0 Å². The van der Waals surface area contributed by atoms with E-state index in [-0.39, 0.29) is 11.6 Å². The Morgan fingerprint density at radius 1 is 0.970 bits per heavy atom. The molecule has 0 atom stereocenters. The molecule has 33 heavy (non-hydrogen) atoms. The number of thioether (sulfide) groups is 1. The van der Waals surface area contributed by atoms with Gasteiger partial charge in [0.05, 0.1) is 16.1 Å². The van der Waals surface area contributed by atoms with Gasteiger partial charge in [0, 0.05) is 31.5 Å². The Labute approximate surface area is 194 Å². The fourth-order valence-electron chi connectivity index (χ4n) is 4.25. The van der Waals surface area contributed by atoms with E-state index >= 15 is 0 Å². The van der Waals surface area contributed by atoms with Gasteiger partial charge in [0.25, 0.3) is 0 Å². The first-order valence-electron chi connectivity index (χ1n) is 10.7. The Morgan fingerprint density at radius 3 is 2.33 bits per heavy atom. The highest BCUT2D eigenvalue weighted by atomic mass is 32.2. The van der Waals surface area contributed by atoms with Gasteiger partial charge in [0.2, 0.25) is 5.91 Å². The summed E-state index contributed by atoms with van der Waals surface area (Å²) in [6.45, 7) is 1.35. The standard InChI is InChI=1S/C24H24F3N3O2S/c25-24(26,27)19-8-4-5-9-20(19)28-22(32)29-14-12-23(13-15-29)30(16-17-33-23)21(31)11-10-18-6-2-1-3-7-18/h1-11H,12-17H2,(H,28,32). The van der Waals surface area contributed by atoms with Crippen molar-refractivity contribution in [3.8, 4) is 0 Å². The predicted octanol–water partition coefficient (Wildman–Crippen LogP) is 5.32. The molecule has 2 aliphatic heterocycles. The van der Waals surface area contributed by atoms with Gasteiger partial charge in [-0.3, -0.25) is 4.79 Å². The third kappa shape index (κ3) is 5.19. The van der Waals surface area contributed by atoms with Gasteiger partial charge in [0.1, 0.15) is 0 Å². The number of nitrogens with zero attached hydrogens (tertiary/aromatic N) is 2. The molecule has 0 unspecified atom stereocenters. The second-order valence-electron chi connectivity index (χ2n) is 7.99. The summed E-state index contributed by atoms with van der Waals surface area (Å²) >= 11 is 1.71. The molecule has 5 nitrogen and oxygen atoms in total. The molecule has 174 valence electrons. The minimum absolute atomic E-state index is 0.0686. The van der Waals surface area contributed by atoms with E-state index in [0.29, 0.717) is 32.5 Å². The van der Waals surface area contributed by atoms with Gasteiger partial charge in [0.15, 0.2) is 0 Å². The van der Waals surface area contributed by atoms with E-state index in [1.54, 1.807) is 23.9 Å². The molecule has 2 aromatic carbocycles. The highest BCUT2D eigenvalue weighted by Gasteiger charge is 2.46. The number of nitrogens with one attached hydrogen (secondary N) is 1. The summed E-state index contributed by atoms with van der Waals surface area (Å²) in [7, 11) is 0. The van der Waals surface area contributed by atoms with Crippen molar-refractivity contribution in [1.29, 1.82) is 0 Å². The van der Waals surface area contributed by atoms with Crippen LogP contribution in [0.25, 0.3) is 6.08 Å². The Kier molecular flexibility index (Phi) is 6.69. The van der Waals surface area contributed by atoms with Gasteiger partial charge in [-0.1, -0.05) is 42.5 Å². The Hall–Kier alpha value is -2.94. The van der Waals surface area contributed by atoms with E-state index < -0.39 is 22.6 Å². The van der Waals surface area contributed by atoms with Gasteiger partial charge >= 0.3 is 12.2 Å². The third-order valence-electron chi connectivity index (χ3n) is 5.97. The number of hydrogen-bond donors (Lipinski definition) is 1. The van der Waals surface area contributed by atoms with E-state index in [1.165, 1.54) is 23.1 Å². The molecule has 2 heterocycles. The number of carbonyl (C=O) groups is 2. The smallest absolute Gasteiger partial charge is 0.324 e. The molecule has 0 aliphatic carbocycles. The lowest BCUT2D eigenvalue weighted by molar-refractivity contribution is -0.137. The molecule has 4 rings (SSSR count). The summed E-state index contributed by atoms with van der Waals surface area (Å²) in [5, 5.41) is 2.41. The van der Waals surface area contributed by atoms with Crippen LogP contribution in [0.4, 0.5) is 23.7 Å². The maximum atomic E-state index is 13.2. The predicted molar refractivity (Wildman–Crippen MR) is 124 cm³/mol. The fourth-order valence-corrected chi connectivity index (χ4v) is 5.71. The van der Waals surface area contributed by atoms with Crippen LogP contribution >= 0.6 is 11.8 Å². The van der Waals surface area contributed by atoms with Crippen LogP contribution in [0.1, 0.15) is 24.0 Å². The van der Waals surface area contributed by atoms with Crippen LogP contribution in [0.15, 0.2) is 60.7 Å². The number of halogens is 3. The van der Waals surface area contributed by atoms with E-state index in [1.807, 2.05) is 35.2 Å². The van der Waals surface area contributed by atoms with Gasteiger partial charge in [-0.25, -0.2) is 4.79 Å². The average Bonchev–Trinajstić information content (AvgIpc) is 3.21. The highest BCUT2D eigenvalue weighted by Crippen LogP contribution is 2.44. The van der Waals surface area contributed by atoms with Crippen molar-refractivity contribution in [2.24, 2.45) is 0 Å². The van der Waals surface area contributed by atoms with Crippen LogP contribution in [0, 0.1) is 0 Å². The second-order valence-corrected chi connectivity index (χ2v) is 9.45. The first-order chi connectivity index (χ1) is 15.8. The van der Waals surface area contributed by atoms with E-state index in [9.17, 15) is 22.8 Å². The summed E-state index contributed by atoms with van der Waals surface area (Å²) in [5.41, 5.74) is -0.189. The van der Waals surface area contributed by atoms with Crippen molar-refractivity contribution in [3.05, 3.63) is 71.8 Å². The lowest BCUT2D eigenvalue weighted by Crippen LogP contribution is -2.54. The molecule has 2 saturated heterocycles. The Balaban J connectivity index is 1.39. The fraction of sp³-hybridized carbons (Fsp3) is 0.333. The van der Waals surface area contributed by atoms with Crippen molar-refractivity contribution >= 4 is 35.5 Å². The molecule has 3 amide bonds. The molecule has 0 bridgehead atoms. The molecule has 2 aliphatic rings. The molecule has 2 aromatic rings. The number of piperidine rings is 1. The van der Waals surface area contributed by atoms with Crippen molar-refractivity contribution < 1.29 is 22.8 Å². The lowest BCUT2D eigenvalue weighted by atomic mass is 10.0. The van der Waals surface area contributed by atoms with Gasteiger partial charge in [-0.05, 0) is 36.6 Å². The Morgan fingerprint density at radius 2 is 1.64 bits per heavy atom. The van der Waals surface area contributed by atoms with E-state index in [0.717, 1.165) is 17.4 Å². The molecule has 0 radical (unpaired) electrons. The monoisotopic (exact) mass is 475 g/mol. The molecule has 1 spiro atoms. The number of urea groups is 1. The first kappa shape index (κ1) is 23.2. The maximum Gasteiger partial charge on any atom is 0.418 e. The zero-order valence-electron chi connectivity index (χ0n) is 17.8. The van der Waals surface area contributed by atoms with Crippen LogP contribution in [0.3, 0.4) is 0 Å². The number of hydrogen-bond acceptors (Lipinski definition) is 3. The normalized spacial score (nSPS) is 18.2. The number of para-hydroxylation sites is 1. The number of benzene rings is 2. The number of likely N-dealkylation sites (tertiary alicyclic amines) is 1. The van der Waals surface area contributed by atoms with Crippen LogP contribution in [0.5, 0.6) is 0 Å². The van der Waals surface area contributed by atoms with Gasteiger partial charge < -0.3 is 15.1 Å². The molecular formula is C24H24F3N3O2S. The van der Waals surface area contributed by atoms with Crippen LogP contribution < -0.4 is 5.32 Å². The molecule has 1 N–H and O–H groups in total. The zero-order valence-corrected chi connectivity index (χ0v) is 18.7. The summed E-state index contributed by atoms with van der Waals surface area (Å²) in [6.07, 6.45) is -0.0475. The minimum atomic E-state index is -4.55. The van der Waals surface area contributed by atoms with E-state index in [2.05, 4.69) is 5.32 Å². The quantitative estimate of drug-likeness (QED) is 0.612. The van der Waals surface area contributed by atoms with Crippen LogP contribution in [-0.2, 0) is 11.0 Å². The number of alkyl halides is 3. The summed E-state index contributed by atoms with van der Waals surface area (Å²) in [6, 6.07) is 14.0. The number of rotatable bonds is 3. The second kappa shape index (κ2) is 9.51. The third-order valence-corrected chi connectivity index (χ3v) is 7.52. The highest BCUT2D eigenvalue weighted by molar-refractivity contribution is 8.00. The SMILES string of the molecule is O=C(Nc1ccccc1C(F)(F)F)N1CCC2(CC1)SCCN2C(=O)C=Cc1ccccc1. The van der Waals surface area contributed by atoms with Crippen LogP contribution in [0.2, 0.25) is 0 Å². The summed E-state index contributed by atoms with van der Waals surface area (Å²) < 4.78 is 39.7. The first-order valence-corrected chi connectivity index (χ1v) is 11.7. The van der Waals surface area contributed by atoms with Crippen molar-refractivity contribution in [2.75, 3.05) is 30.7 Å².